The van der Waals surface area contributed by atoms with Crippen LogP contribution in [0.5, 0.6) is 0 Å². The number of ketones is 2. The van der Waals surface area contributed by atoms with Crippen molar-refractivity contribution >= 4 is 22.9 Å². The molecule has 0 heterocycles. The van der Waals surface area contributed by atoms with Gasteiger partial charge in [-0.3, -0.25) is 9.59 Å². The summed E-state index contributed by atoms with van der Waals surface area (Å²) in [5.74, 6) is 0.0246. The first-order valence-electron chi connectivity index (χ1n) is 6.38. The van der Waals surface area contributed by atoms with Gasteiger partial charge in [-0.05, 0) is 64.1 Å². The molecule has 0 unspecified atom stereocenters. The topological polar surface area (TPSA) is 58.2 Å². The lowest BCUT2D eigenvalue weighted by Gasteiger charge is -2.09. The van der Waals surface area contributed by atoms with Gasteiger partial charge in [0.1, 0.15) is 0 Å². The summed E-state index contributed by atoms with van der Waals surface area (Å²) in [5.41, 5.74) is 3.40. The van der Waals surface area contributed by atoms with Gasteiger partial charge in [-0.1, -0.05) is 0 Å². The molecule has 1 aromatic carbocycles. The second-order valence-corrected chi connectivity index (χ2v) is 4.70. The zero-order chi connectivity index (χ0) is 15.1. The highest BCUT2D eigenvalue weighted by molar-refractivity contribution is 5.88. The summed E-state index contributed by atoms with van der Waals surface area (Å²) in [6.45, 7) is 6.71. The summed E-state index contributed by atoms with van der Waals surface area (Å²) in [5, 5.41) is 6.26. The molecule has 2 N–H and O–H groups in total. The van der Waals surface area contributed by atoms with Crippen molar-refractivity contribution in [1.29, 1.82) is 0 Å². The standard InChI is InChI=1S/C16H20N2O2/c1-11(9-13(3)19)17-15-5-7-16(8-6-15)18-12(2)10-14(4)20/h5-10,17-18H,1-4H3. The Kier molecular flexibility index (Phi) is 5.72. The molecule has 0 aliphatic carbocycles. The molecule has 0 saturated heterocycles. The lowest BCUT2D eigenvalue weighted by Crippen LogP contribution is -2.00. The average molecular weight is 272 g/mol. The van der Waals surface area contributed by atoms with Crippen molar-refractivity contribution in [2.45, 2.75) is 27.7 Å². The van der Waals surface area contributed by atoms with Gasteiger partial charge in [0.15, 0.2) is 11.6 Å². The molecule has 0 fully saturated rings. The fourth-order valence-electron chi connectivity index (χ4n) is 1.77. The highest BCUT2D eigenvalue weighted by atomic mass is 16.1. The van der Waals surface area contributed by atoms with Gasteiger partial charge >= 0.3 is 0 Å². The molecule has 4 nitrogen and oxygen atoms in total. The number of anilines is 2. The van der Waals surface area contributed by atoms with Crippen molar-refractivity contribution in [3.63, 3.8) is 0 Å². The first-order valence-corrected chi connectivity index (χ1v) is 6.38. The monoisotopic (exact) mass is 272 g/mol. The molecular weight excluding hydrogens is 252 g/mol. The van der Waals surface area contributed by atoms with Crippen LogP contribution in [0.15, 0.2) is 47.8 Å². The van der Waals surface area contributed by atoms with Crippen molar-refractivity contribution in [1.82, 2.24) is 0 Å². The SMILES string of the molecule is CC(=O)C=C(C)Nc1ccc(NC(C)=CC(C)=O)cc1. The van der Waals surface area contributed by atoms with Crippen molar-refractivity contribution in [2.75, 3.05) is 10.6 Å². The normalized spacial score (nSPS) is 12.0. The molecule has 1 aromatic rings. The Morgan fingerprint density at radius 3 is 1.30 bits per heavy atom. The number of carbonyl (C=O) groups excluding carboxylic acids is 2. The summed E-state index contributed by atoms with van der Waals surface area (Å²) in [6, 6.07) is 7.61. The Hall–Kier alpha value is -2.36. The number of benzene rings is 1. The first kappa shape index (κ1) is 15.7. The maximum atomic E-state index is 10.9. The van der Waals surface area contributed by atoms with Crippen LogP contribution in [-0.4, -0.2) is 11.6 Å². The van der Waals surface area contributed by atoms with E-state index in [2.05, 4.69) is 10.6 Å². The number of carbonyl (C=O) groups is 2. The lowest BCUT2D eigenvalue weighted by atomic mass is 10.2. The van der Waals surface area contributed by atoms with Crippen LogP contribution in [0.1, 0.15) is 27.7 Å². The van der Waals surface area contributed by atoms with Gasteiger partial charge in [0.05, 0.1) is 0 Å². The largest absolute Gasteiger partial charge is 0.359 e. The molecule has 20 heavy (non-hydrogen) atoms. The summed E-state index contributed by atoms with van der Waals surface area (Å²) < 4.78 is 0. The number of hydrogen-bond donors (Lipinski definition) is 2. The molecule has 0 aromatic heterocycles. The van der Waals surface area contributed by atoms with E-state index in [0.29, 0.717) is 0 Å². The number of rotatable bonds is 6. The predicted octanol–water partition coefficient (Wildman–Crippen LogP) is 3.50. The lowest BCUT2D eigenvalue weighted by molar-refractivity contribution is -0.113. The van der Waals surface area contributed by atoms with Crippen molar-refractivity contribution in [3.05, 3.63) is 47.8 Å². The van der Waals surface area contributed by atoms with Crippen LogP contribution >= 0.6 is 0 Å². The molecule has 0 saturated carbocycles. The molecule has 0 aliphatic heterocycles. The zero-order valence-electron chi connectivity index (χ0n) is 12.3. The quantitative estimate of drug-likeness (QED) is 0.778. The molecule has 0 aliphatic rings. The highest BCUT2D eigenvalue weighted by Crippen LogP contribution is 2.16. The molecular formula is C16H20N2O2. The Morgan fingerprint density at radius 2 is 1.05 bits per heavy atom. The van der Waals surface area contributed by atoms with Gasteiger partial charge in [-0.15, -0.1) is 0 Å². The van der Waals surface area contributed by atoms with Gasteiger partial charge in [-0.25, -0.2) is 0 Å². The predicted molar refractivity (Wildman–Crippen MR) is 82.6 cm³/mol. The molecule has 0 radical (unpaired) electrons. The Balaban J connectivity index is 2.70. The van der Waals surface area contributed by atoms with Gasteiger partial charge in [-0.2, -0.15) is 0 Å². The molecule has 0 atom stereocenters. The van der Waals surface area contributed by atoms with E-state index >= 15 is 0 Å². The average Bonchev–Trinajstić information content (AvgIpc) is 2.29. The van der Waals surface area contributed by atoms with Crippen LogP contribution in [0.2, 0.25) is 0 Å². The maximum Gasteiger partial charge on any atom is 0.154 e. The summed E-state index contributed by atoms with van der Waals surface area (Å²) >= 11 is 0. The third-order valence-corrected chi connectivity index (χ3v) is 2.41. The van der Waals surface area contributed by atoms with Crippen LogP contribution in [0.4, 0.5) is 11.4 Å². The third kappa shape index (κ3) is 6.00. The minimum absolute atomic E-state index is 0.0123. The van der Waals surface area contributed by atoms with Gasteiger partial charge < -0.3 is 10.6 Å². The fraction of sp³-hybridized carbons (Fsp3) is 0.250. The molecule has 1 rings (SSSR count). The van der Waals surface area contributed by atoms with Crippen LogP contribution in [-0.2, 0) is 9.59 Å². The number of nitrogens with one attached hydrogen (secondary N) is 2. The molecule has 0 amide bonds. The summed E-state index contributed by atoms with van der Waals surface area (Å²) in [4.78, 5) is 21.9. The van der Waals surface area contributed by atoms with E-state index in [0.717, 1.165) is 22.8 Å². The van der Waals surface area contributed by atoms with Gasteiger partial charge in [0.2, 0.25) is 0 Å². The second-order valence-electron chi connectivity index (χ2n) is 4.70. The van der Waals surface area contributed by atoms with Crippen LogP contribution in [0.3, 0.4) is 0 Å². The van der Waals surface area contributed by atoms with E-state index in [-0.39, 0.29) is 11.6 Å². The Morgan fingerprint density at radius 1 is 0.750 bits per heavy atom. The van der Waals surface area contributed by atoms with E-state index < -0.39 is 0 Å². The zero-order valence-corrected chi connectivity index (χ0v) is 12.3. The highest BCUT2D eigenvalue weighted by Gasteiger charge is 1.97. The van der Waals surface area contributed by atoms with Gasteiger partial charge in [0.25, 0.3) is 0 Å². The molecule has 4 heteroatoms. The first-order chi connectivity index (χ1) is 9.36. The van der Waals surface area contributed by atoms with Crippen LogP contribution in [0.25, 0.3) is 0 Å². The van der Waals surface area contributed by atoms with Crippen molar-refractivity contribution < 1.29 is 9.59 Å². The van der Waals surface area contributed by atoms with Crippen LogP contribution < -0.4 is 10.6 Å². The summed E-state index contributed by atoms with van der Waals surface area (Å²) in [7, 11) is 0. The van der Waals surface area contributed by atoms with E-state index in [9.17, 15) is 9.59 Å². The minimum atomic E-state index is 0.0123. The maximum absolute atomic E-state index is 10.9. The second kappa shape index (κ2) is 7.28. The Labute approximate surface area is 119 Å². The van der Waals surface area contributed by atoms with E-state index in [1.165, 1.54) is 13.8 Å². The fourth-order valence-corrected chi connectivity index (χ4v) is 1.77. The third-order valence-electron chi connectivity index (χ3n) is 2.41. The Bertz CT molecular complexity index is 503. The smallest absolute Gasteiger partial charge is 0.154 e. The minimum Gasteiger partial charge on any atom is -0.359 e. The molecule has 106 valence electrons. The van der Waals surface area contributed by atoms with Crippen molar-refractivity contribution in [2.24, 2.45) is 0 Å². The molecule has 0 spiro atoms. The van der Waals surface area contributed by atoms with Crippen molar-refractivity contribution in [3.8, 4) is 0 Å². The number of allylic oxidation sites excluding steroid dienone is 4. The number of hydrogen-bond acceptors (Lipinski definition) is 4. The van der Waals surface area contributed by atoms with Gasteiger partial charge in [0, 0.05) is 22.8 Å². The van der Waals surface area contributed by atoms with E-state index in [1.54, 1.807) is 12.2 Å². The van der Waals surface area contributed by atoms with E-state index in [1.807, 2.05) is 38.1 Å². The molecule has 0 bridgehead atoms. The van der Waals surface area contributed by atoms with Crippen LogP contribution in [0, 0.1) is 0 Å². The summed E-state index contributed by atoms with van der Waals surface area (Å²) in [6.07, 6.45) is 3.10. The van der Waals surface area contributed by atoms with E-state index in [4.69, 9.17) is 0 Å².